The Morgan fingerprint density at radius 3 is 2.36 bits per heavy atom. The molecule has 0 saturated heterocycles. The molecule has 1 aromatic rings. The fourth-order valence-electron chi connectivity index (χ4n) is 2.08. The molecule has 10 nitrogen and oxygen atoms in total. The van der Waals surface area contributed by atoms with E-state index >= 15 is 0 Å². The predicted octanol–water partition coefficient (Wildman–Crippen LogP) is -0.0560. The van der Waals surface area contributed by atoms with Crippen molar-refractivity contribution in [1.82, 2.24) is 16.0 Å². The average molecular weight is 355 g/mol. The Bertz CT molecular complexity index is 574. The fraction of sp³-hybridized carbons (Fsp3) is 0.467. The number of urea groups is 1. The summed E-state index contributed by atoms with van der Waals surface area (Å²) in [5.74, 6) is -2.11. The van der Waals surface area contributed by atoms with E-state index in [9.17, 15) is 19.2 Å². The highest BCUT2D eigenvalue weighted by Gasteiger charge is 2.25. The van der Waals surface area contributed by atoms with Crippen molar-refractivity contribution in [3.63, 3.8) is 0 Å². The lowest BCUT2D eigenvalue weighted by atomic mass is 10.1. The molecule has 0 spiro atoms. The van der Waals surface area contributed by atoms with Gasteiger partial charge in [0.1, 0.15) is 17.8 Å². The second-order valence-corrected chi connectivity index (χ2v) is 5.25. The maximum Gasteiger partial charge on any atom is 0.326 e. The molecule has 10 heteroatoms. The van der Waals surface area contributed by atoms with Crippen molar-refractivity contribution in [3.05, 3.63) is 24.2 Å². The molecule has 1 aromatic heterocycles. The molecule has 2 atom stereocenters. The van der Waals surface area contributed by atoms with Crippen LogP contribution in [0.2, 0.25) is 0 Å². The largest absolute Gasteiger partial charge is 0.480 e. The number of carbonyl (C=O) groups is 4. The molecule has 1 rings (SSSR count). The Kier molecular flexibility index (Phi) is 8.55. The van der Waals surface area contributed by atoms with Crippen LogP contribution in [-0.2, 0) is 20.8 Å². The van der Waals surface area contributed by atoms with E-state index in [1.165, 1.54) is 6.26 Å². The number of hydrogen-bond acceptors (Lipinski definition) is 5. The molecule has 5 N–H and O–H groups in total. The van der Waals surface area contributed by atoms with Crippen LogP contribution < -0.4 is 16.0 Å². The lowest BCUT2D eigenvalue weighted by Crippen LogP contribution is -2.51. The number of aliphatic carboxylic acids is 2. The van der Waals surface area contributed by atoms with E-state index < -0.39 is 30.1 Å². The van der Waals surface area contributed by atoms with Gasteiger partial charge in [-0.1, -0.05) is 0 Å². The molecular weight excluding hydrogens is 334 g/mol. The standard InChI is InChI=1S/C15H21N3O7/c19-9-16-6-2-1-5-11(13(20)21)17-15(24)18-12(14(22)23)8-10-4-3-7-25-10/h3-4,7,9,11-12H,1-2,5-6,8H2,(H,16,19)(H,20,21)(H,22,23)(H2,17,18,24). The van der Waals surface area contributed by atoms with Crippen molar-refractivity contribution in [1.29, 1.82) is 0 Å². The second-order valence-electron chi connectivity index (χ2n) is 5.25. The molecule has 0 aliphatic heterocycles. The zero-order valence-corrected chi connectivity index (χ0v) is 13.4. The van der Waals surface area contributed by atoms with E-state index in [2.05, 4.69) is 16.0 Å². The van der Waals surface area contributed by atoms with Crippen molar-refractivity contribution in [2.45, 2.75) is 37.8 Å². The molecule has 0 aromatic carbocycles. The minimum Gasteiger partial charge on any atom is -0.480 e. The van der Waals surface area contributed by atoms with Crippen LogP contribution in [0.15, 0.2) is 22.8 Å². The monoisotopic (exact) mass is 355 g/mol. The number of rotatable bonds is 12. The Hall–Kier alpha value is -3.04. The maximum atomic E-state index is 11.9. The number of furan rings is 1. The molecule has 0 saturated carbocycles. The smallest absolute Gasteiger partial charge is 0.326 e. The van der Waals surface area contributed by atoms with Gasteiger partial charge in [-0.25, -0.2) is 14.4 Å². The van der Waals surface area contributed by atoms with Crippen molar-refractivity contribution >= 4 is 24.4 Å². The van der Waals surface area contributed by atoms with Crippen LogP contribution >= 0.6 is 0 Å². The van der Waals surface area contributed by atoms with Crippen molar-refractivity contribution < 1.29 is 33.8 Å². The third-order valence-electron chi connectivity index (χ3n) is 3.34. The van der Waals surface area contributed by atoms with Crippen LogP contribution in [0.4, 0.5) is 4.79 Å². The zero-order valence-electron chi connectivity index (χ0n) is 13.4. The van der Waals surface area contributed by atoms with Crippen LogP contribution in [0.1, 0.15) is 25.0 Å². The van der Waals surface area contributed by atoms with E-state index in [1.807, 2.05) is 0 Å². The van der Waals surface area contributed by atoms with Gasteiger partial charge in [0.05, 0.1) is 6.26 Å². The maximum absolute atomic E-state index is 11.9. The molecule has 3 amide bonds. The third-order valence-corrected chi connectivity index (χ3v) is 3.34. The van der Waals surface area contributed by atoms with Gasteiger partial charge < -0.3 is 30.6 Å². The summed E-state index contributed by atoms with van der Waals surface area (Å²) in [4.78, 5) is 44.4. The first-order chi connectivity index (χ1) is 11.9. The molecule has 2 unspecified atom stereocenters. The van der Waals surface area contributed by atoms with Gasteiger partial charge in [0.25, 0.3) is 0 Å². The van der Waals surface area contributed by atoms with Gasteiger partial charge >= 0.3 is 18.0 Å². The summed E-state index contributed by atoms with van der Waals surface area (Å²) < 4.78 is 5.04. The number of amides is 3. The SMILES string of the molecule is O=CNCCCCC(NC(=O)NC(Cc1ccco1)C(=O)O)C(=O)O. The molecule has 0 bridgehead atoms. The number of carbonyl (C=O) groups excluding carboxylic acids is 2. The number of unbranched alkanes of at least 4 members (excludes halogenated alkanes) is 1. The van der Waals surface area contributed by atoms with E-state index in [0.29, 0.717) is 31.6 Å². The first kappa shape index (κ1) is 20.0. The predicted molar refractivity (Wildman–Crippen MR) is 84.8 cm³/mol. The topological polar surface area (TPSA) is 158 Å². The molecule has 0 fully saturated rings. The number of carboxylic acid groups (broad SMARTS) is 2. The van der Waals surface area contributed by atoms with Gasteiger partial charge in [0.2, 0.25) is 6.41 Å². The summed E-state index contributed by atoms with van der Waals surface area (Å²) in [6, 6.07) is -0.138. The van der Waals surface area contributed by atoms with Crippen LogP contribution in [0.25, 0.3) is 0 Å². The number of carboxylic acids is 2. The van der Waals surface area contributed by atoms with Gasteiger partial charge in [-0.15, -0.1) is 0 Å². The summed E-state index contributed by atoms with van der Waals surface area (Å²) in [7, 11) is 0. The zero-order chi connectivity index (χ0) is 18.7. The van der Waals surface area contributed by atoms with Gasteiger partial charge in [0.15, 0.2) is 0 Å². The highest BCUT2D eigenvalue weighted by molar-refractivity contribution is 5.86. The first-order valence-electron chi connectivity index (χ1n) is 7.66. The van der Waals surface area contributed by atoms with E-state index in [0.717, 1.165) is 0 Å². The second kappa shape index (κ2) is 10.7. The summed E-state index contributed by atoms with van der Waals surface area (Å²) in [5.41, 5.74) is 0. The van der Waals surface area contributed by atoms with Crippen LogP contribution in [0.3, 0.4) is 0 Å². The summed E-state index contributed by atoms with van der Waals surface area (Å²) >= 11 is 0. The van der Waals surface area contributed by atoms with Crippen LogP contribution in [0, 0.1) is 0 Å². The van der Waals surface area contributed by atoms with Gasteiger partial charge in [-0.05, 0) is 31.4 Å². The van der Waals surface area contributed by atoms with E-state index in [1.54, 1.807) is 12.1 Å². The fourth-order valence-corrected chi connectivity index (χ4v) is 2.08. The quantitative estimate of drug-likeness (QED) is 0.259. The van der Waals surface area contributed by atoms with Crippen molar-refractivity contribution in [3.8, 4) is 0 Å². The van der Waals surface area contributed by atoms with Crippen molar-refractivity contribution in [2.24, 2.45) is 0 Å². The lowest BCUT2D eigenvalue weighted by Gasteiger charge is -2.18. The number of nitrogens with one attached hydrogen (secondary N) is 3. The normalized spacial score (nSPS) is 12.6. The van der Waals surface area contributed by atoms with E-state index in [-0.39, 0.29) is 12.8 Å². The molecular formula is C15H21N3O7. The molecule has 0 radical (unpaired) electrons. The molecule has 0 aliphatic carbocycles. The molecule has 1 heterocycles. The van der Waals surface area contributed by atoms with E-state index in [4.69, 9.17) is 14.6 Å². The minimum atomic E-state index is -1.27. The Labute approximate surface area is 143 Å². The van der Waals surface area contributed by atoms with Crippen LogP contribution in [-0.4, -0.2) is 53.2 Å². The van der Waals surface area contributed by atoms with Gasteiger partial charge in [-0.2, -0.15) is 0 Å². The Morgan fingerprint density at radius 1 is 1.12 bits per heavy atom. The highest BCUT2D eigenvalue weighted by Crippen LogP contribution is 2.05. The molecule has 25 heavy (non-hydrogen) atoms. The molecule has 0 aliphatic rings. The van der Waals surface area contributed by atoms with Gasteiger partial charge in [-0.3, -0.25) is 4.79 Å². The molecule has 138 valence electrons. The Balaban J connectivity index is 2.49. The van der Waals surface area contributed by atoms with Crippen LogP contribution in [0.5, 0.6) is 0 Å². The Morgan fingerprint density at radius 2 is 1.80 bits per heavy atom. The number of hydrogen-bond donors (Lipinski definition) is 5. The highest BCUT2D eigenvalue weighted by atomic mass is 16.4. The van der Waals surface area contributed by atoms with Gasteiger partial charge in [0, 0.05) is 13.0 Å². The minimum absolute atomic E-state index is 0.0646. The summed E-state index contributed by atoms with van der Waals surface area (Å²) in [6.07, 6.45) is 3.04. The van der Waals surface area contributed by atoms with Crippen molar-refractivity contribution in [2.75, 3.05) is 6.54 Å². The summed E-state index contributed by atoms with van der Waals surface area (Å²) in [6.45, 7) is 0.409. The lowest BCUT2D eigenvalue weighted by molar-refractivity contribution is -0.139. The first-order valence-corrected chi connectivity index (χ1v) is 7.66. The summed E-state index contributed by atoms with van der Waals surface area (Å²) in [5, 5.41) is 25.2. The average Bonchev–Trinajstić information content (AvgIpc) is 3.05. The third kappa shape index (κ3) is 7.86.